The topological polar surface area (TPSA) is 64.4 Å². The lowest BCUT2D eigenvalue weighted by Gasteiger charge is -2.44. The summed E-state index contributed by atoms with van der Waals surface area (Å²) in [6, 6.07) is 9.77. The van der Waals surface area contributed by atoms with Crippen LogP contribution >= 0.6 is 0 Å². The molecule has 6 heteroatoms. The monoisotopic (exact) mass is 431 g/mol. The number of aromatic nitrogens is 2. The van der Waals surface area contributed by atoms with Crippen LogP contribution in [0.5, 0.6) is 5.75 Å². The van der Waals surface area contributed by atoms with Crippen LogP contribution in [-0.2, 0) is 13.5 Å². The van der Waals surface area contributed by atoms with Gasteiger partial charge in [0, 0.05) is 43.9 Å². The molecule has 2 aromatic carbocycles. The molecule has 0 atom stereocenters. The minimum absolute atomic E-state index is 0.0232. The Labute approximate surface area is 188 Å². The van der Waals surface area contributed by atoms with Gasteiger partial charge in [-0.3, -0.25) is 14.3 Å². The van der Waals surface area contributed by atoms with Crippen LogP contribution in [0.15, 0.2) is 30.3 Å². The van der Waals surface area contributed by atoms with Crippen LogP contribution in [0.1, 0.15) is 63.7 Å². The smallest absolute Gasteiger partial charge is 0.253 e. The average molecular weight is 432 g/mol. The van der Waals surface area contributed by atoms with Crippen molar-refractivity contribution in [2.24, 2.45) is 7.05 Å². The number of nitrogens with zero attached hydrogens (tertiary/aromatic N) is 3. The highest BCUT2D eigenvalue weighted by molar-refractivity contribution is 6.01. The summed E-state index contributed by atoms with van der Waals surface area (Å²) in [5.41, 5.74) is 5.11. The highest BCUT2D eigenvalue weighted by Crippen LogP contribution is 2.40. The largest absolute Gasteiger partial charge is 0.486 e. The van der Waals surface area contributed by atoms with Gasteiger partial charge in [-0.05, 0) is 55.7 Å². The molecule has 0 N–H and O–H groups in total. The molecule has 1 spiro atoms. The number of fused-ring (bicyclic) bond motifs is 2. The third-order valence-electron chi connectivity index (χ3n) is 7.18. The van der Waals surface area contributed by atoms with Gasteiger partial charge in [-0.15, -0.1) is 0 Å². The summed E-state index contributed by atoms with van der Waals surface area (Å²) >= 11 is 0. The summed E-state index contributed by atoms with van der Waals surface area (Å²) in [7, 11) is 1.92. The molecule has 0 aliphatic carbocycles. The fourth-order valence-corrected chi connectivity index (χ4v) is 5.05. The summed E-state index contributed by atoms with van der Waals surface area (Å²) in [5.74, 6) is 0.857. The predicted molar refractivity (Wildman–Crippen MR) is 123 cm³/mol. The molecule has 0 bridgehead atoms. The molecule has 5 rings (SSSR count). The lowest BCUT2D eigenvalue weighted by atomic mass is 9.81. The van der Waals surface area contributed by atoms with E-state index in [1.54, 1.807) is 0 Å². The molecule has 3 aromatic rings. The van der Waals surface area contributed by atoms with E-state index in [-0.39, 0.29) is 11.7 Å². The first kappa shape index (κ1) is 20.7. The maximum atomic E-state index is 13.2. The molecule has 0 saturated carbocycles. The lowest BCUT2D eigenvalue weighted by Crippen LogP contribution is -2.52. The molecule has 166 valence electrons. The van der Waals surface area contributed by atoms with Crippen molar-refractivity contribution in [3.05, 3.63) is 58.3 Å². The zero-order valence-electron chi connectivity index (χ0n) is 19.2. The highest BCUT2D eigenvalue weighted by Gasteiger charge is 2.44. The average Bonchev–Trinajstić information content (AvgIpc) is 3.10. The van der Waals surface area contributed by atoms with Crippen molar-refractivity contribution in [2.45, 2.75) is 52.1 Å². The van der Waals surface area contributed by atoms with Crippen molar-refractivity contribution in [1.29, 1.82) is 0 Å². The quantitative estimate of drug-likeness (QED) is 0.604. The van der Waals surface area contributed by atoms with Gasteiger partial charge < -0.3 is 9.64 Å². The molecule has 6 nitrogen and oxygen atoms in total. The first-order valence-electron chi connectivity index (χ1n) is 11.4. The van der Waals surface area contributed by atoms with Gasteiger partial charge >= 0.3 is 0 Å². The zero-order valence-corrected chi connectivity index (χ0v) is 19.2. The van der Waals surface area contributed by atoms with E-state index in [1.807, 2.05) is 60.8 Å². The van der Waals surface area contributed by atoms with Gasteiger partial charge in [0.15, 0.2) is 5.78 Å². The zero-order chi connectivity index (χ0) is 22.6. The number of Topliss-reactive ketones (excluding diaryl/α,β-unsaturated/α-hetero) is 1. The van der Waals surface area contributed by atoms with Crippen LogP contribution in [0, 0.1) is 13.8 Å². The summed E-state index contributed by atoms with van der Waals surface area (Å²) < 4.78 is 8.26. The molecular weight excluding hydrogens is 402 g/mol. The summed E-state index contributed by atoms with van der Waals surface area (Å²) in [5, 5.41) is 5.66. The fourth-order valence-electron chi connectivity index (χ4n) is 5.05. The number of ether oxygens (including phenoxy) is 1. The number of carbonyl (C=O) groups excluding carboxylic acids is 2. The number of rotatable bonds is 2. The van der Waals surface area contributed by atoms with E-state index in [1.165, 1.54) is 0 Å². The van der Waals surface area contributed by atoms with Gasteiger partial charge in [-0.2, -0.15) is 5.10 Å². The number of ketones is 1. The summed E-state index contributed by atoms with van der Waals surface area (Å²) in [6.45, 7) is 7.30. The minimum Gasteiger partial charge on any atom is -0.486 e. The number of amides is 1. The Morgan fingerprint density at radius 3 is 2.56 bits per heavy atom. The Hall–Kier alpha value is -3.15. The van der Waals surface area contributed by atoms with E-state index in [0.29, 0.717) is 49.2 Å². The van der Waals surface area contributed by atoms with Crippen LogP contribution in [0.3, 0.4) is 0 Å². The van der Waals surface area contributed by atoms with Gasteiger partial charge in [0.05, 0.1) is 23.2 Å². The number of benzene rings is 2. The van der Waals surface area contributed by atoms with Gasteiger partial charge in [-0.25, -0.2) is 0 Å². The van der Waals surface area contributed by atoms with Gasteiger partial charge in [0.1, 0.15) is 11.4 Å². The van der Waals surface area contributed by atoms with E-state index in [9.17, 15) is 9.59 Å². The van der Waals surface area contributed by atoms with Crippen molar-refractivity contribution < 1.29 is 14.3 Å². The molecule has 1 aromatic heterocycles. The number of hydrogen-bond donors (Lipinski definition) is 0. The normalized spacial score (nSPS) is 17.5. The number of likely N-dealkylation sites (tertiary alicyclic amines) is 1. The lowest BCUT2D eigenvalue weighted by molar-refractivity contribution is -0.00575. The Bertz CT molecular complexity index is 1250. The molecule has 1 amide bonds. The summed E-state index contributed by atoms with van der Waals surface area (Å²) in [6.07, 6.45) is 2.56. The molecule has 3 heterocycles. The van der Waals surface area contributed by atoms with Crippen molar-refractivity contribution in [1.82, 2.24) is 14.7 Å². The molecular formula is C26H29N3O3. The molecule has 2 aliphatic rings. The number of aryl methyl sites for hydroxylation is 4. The van der Waals surface area contributed by atoms with Crippen molar-refractivity contribution in [3.8, 4) is 5.75 Å². The van der Waals surface area contributed by atoms with Crippen molar-refractivity contribution in [3.63, 3.8) is 0 Å². The van der Waals surface area contributed by atoms with Crippen LogP contribution < -0.4 is 4.74 Å². The molecule has 32 heavy (non-hydrogen) atoms. The third-order valence-corrected chi connectivity index (χ3v) is 7.18. The fraction of sp³-hybridized carbons (Fsp3) is 0.423. The Balaban J connectivity index is 1.34. The second-order valence-corrected chi connectivity index (χ2v) is 9.27. The maximum absolute atomic E-state index is 13.2. The van der Waals surface area contributed by atoms with Crippen LogP contribution in [0.4, 0.5) is 0 Å². The van der Waals surface area contributed by atoms with Gasteiger partial charge in [0.2, 0.25) is 0 Å². The van der Waals surface area contributed by atoms with Crippen molar-refractivity contribution in [2.75, 3.05) is 13.1 Å². The second-order valence-electron chi connectivity index (χ2n) is 9.27. The Morgan fingerprint density at radius 2 is 1.84 bits per heavy atom. The number of carbonyl (C=O) groups is 2. The predicted octanol–water partition coefficient (Wildman–Crippen LogP) is 4.39. The highest BCUT2D eigenvalue weighted by atomic mass is 16.5. The van der Waals surface area contributed by atoms with E-state index in [2.05, 4.69) is 12.0 Å². The van der Waals surface area contributed by atoms with Crippen LogP contribution in [-0.4, -0.2) is 45.1 Å². The van der Waals surface area contributed by atoms with E-state index >= 15 is 0 Å². The third kappa shape index (κ3) is 3.29. The standard InChI is InChI=1S/C26H29N3O3/c1-5-21-19-7-6-18(14-22(19)28(4)27-21)25(31)29-10-8-26(9-11-29)15-23(30)20-12-16(2)17(3)13-24(20)32-26/h6-7,12-14H,5,8-11,15H2,1-4H3. The van der Waals surface area contributed by atoms with E-state index in [4.69, 9.17) is 4.74 Å². The molecule has 1 fully saturated rings. The molecule has 2 aliphatic heterocycles. The van der Waals surface area contributed by atoms with Gasteiger partial charge in [-0.1, -0.05) is 13.0 Å². The minimum atomic E-state index is -0.509. The van der Waals surface area contributed by atoms with Crippen LogP contribution in [0.25, 0.3) is 10.9 Å². The number of piperidine rings is 1. The second kappa shape index (κ2) is 7.47. The first-order chi connectivity index (χ1) is 15.3. The summed E-state index contributed by atoms with van der Waals surface area (Å²) in [4.78, 5) is 28.0. The van der Waals surface area contributed by atoms with E-state index in [0.717, 1.165) is 34.1 Å². The first-order valence-corrected chi connectivity index (χ1v) is 11.4. The molecule has 0 unspecified atom stereocenters. The Morgan fingerprint density at radius 1 is 1.12 bits per heavy atom. The Kier molecular flexibility index (Phi) is 4.84. The van der Waals surface area contributed by atoms with Crippen molar-refractivity contribution >= 4 is 22.6 Å². The van der Waals surface area contributed by atoms with Crippen LogP contribution in [0.2, 0.25) is 0 Å². The maximum Gasteiger partial charge on any atom is 0.253 e. The number of hydrogen-bond acceptors (Lipinski definition) is 4. The SMILES string of the molecule is CCc1nn(C)c2cc(C(=O)N3CCC4(CC3)CC(=O)c3cc(C)c(C)cc3O4)ccc12. The van der Waals surface area contributed by atoms with E-state index < -0.39 is 5.60 Å². The molecule has 0 radical (unpaired) electrons. The molecule has 1 saturated heterocycles. The van der Waals surface area contributed by atoms with Gasteiger partial charge in [0.25, 0.3) is 5.91 Å².